The molecule has 156 valence electrons. The normalized spacial score (nSPS) is 16.3. The van der Waals surface area contributed by atoms with Gasteiger partial charge in [-0.25, -0.2) is 12.6 Å². The minimum absolute atomic E-state index is 0.205. The molecule has 3 unspecified atom stereocenters. The minimum atomic E-state index is -5.46. The zero-order valence-electron chi connectivity index (χ0n) is 11.8. The lowest BCUT2D eigenvalue weighted by molar-refractivity contribution is -0.0442. The Balaban J connectivity index is 3.24. The predicted octanol–water partition coefficient (Wildman–Crippen LogP) is 3.37. The van der Waals surface area contributed by atoms with Gasteiger partial charge in [-0.05, 0) is 0 Å². The molecule has 1 rings (SSSR count). The van der Waals surface area contributed by atoms with Crippen molar-refractivity contribution in [3.63, 3.8) is 0 Å². The fourth-order valence-corrected chi connectivity index (χ4v) is 2.19. The van der Waals surface area contributed by atoms with Gasteiger partial charge in [0, 0.05) is 18.2 Å². The molecule has 1 aromatic carbocycles. The van der Waals surface area contributed by atoms with E-state index in [0.29, 0.717) is 0 Å². The van der Waals surface area contributed by atoms with E-state index in [-0.39, 0.29) is 18.2 Å². The highest BCUT2D eigenvalue weighted by atomic mass is 32.2. The molecule has 3 atom stereocenters. The van der Waals surface area contributed by atoms with Gasteiger partial charge < -0.3 is 12.5 Å². The maximum atomic E-state index is 12.2. The molecule has 27 heavy (non-hydrogen) atoms. The molecule has 0 saturated carbocycles. The molecule has 0 heterocycles. The monoisotopic (exact) mass is 474 g/mol. The lowest BCUT2D eigenvalue weighted by atomic mass is 10.3. The molecule has 1 aromatic rings. The van der Waals surface area contributed by atoms with Crippen LogP contribution < -0.4 is 12.5 Å². The van der Waals surface area contributed by atoms with Crippen molar-refractivity contribution in [3.05, 3.63) is 18.2 Å². The summed E-state index contributed by atoms with van der Waals surface area (Å²) in [6.07, 6.45) is 0. The fraction of sp³-hybridized carbons (Fsp3) is 0.333. The minimum Gasteiger partial charge on any atom is -0.394 e. The van der Waals surface area contributed by atoms with Crippen LogP contribution in [-0.2, 0) is 33.2 Å². The second-order valence-corrected chi connectivity index (χ2v) is 7.23. The summed E-state index contributed by atoms with van der Waals surface area (Å²) in [5.41, 5.74) is -16.4. The predicted molar refractivity (Wildman–Crippen MR) is 70.9 cm³/mol. The van der Waals surface area contributed by atoms with Gasteiger partial charge in [-0.2, -0.15) is 39.5 Å². The van der Waals surface area contributed by atoms with E-state index in [1.54, 1.807) is 0 Å². The molecule has 0 saturated heterocycles. The molecule has 0 radical (unpaired) electrons. The third-order valence-corrected chi connectivity index (χ3v) is 4.10. The van der Waals surface area contributed by atoms with E-state index >= 15 is 0 Å². The van der Waals surface area contributed by atoms with Gasteiger partial charge in [0.25, 0.3) is 0 Å². The second kappa shape index (κ2) is 8.21. The van der Waals surface area contributed by atoms with Crippen LogP contribution in [0.25, 0.3) is 0 Å². The molecule has 0 bridgehead atoms. The highest BCUT2D eigenvalue weighted by Crippen LogP contribution is 2.34. The molecule has 0 fully saturated rings. The first-order chi connectivity index (χ1) is 12.0. The molecule has 0 aromatic heterocycles. The molecule has 0 aliphatic heterocycles. The van der Waals surface area contributed by atoms with E-state index in [2.05, 4.69) is 12.5 Å². The van der Waals surface area contributed by atoms with Crippen LogP contribution in [0.15, 0.2) is 18.2 Å². The quantitative estimate of drug-likeness (QED) is 0.589. The molecule has 18 heteroatoms. The molecule has 0 aliphatic rings. The van der Waals surface area contributed by atoms with Crippen molar-refractivity contribution in [1.29, 1.82) is 0 Å². The molecule has 0 amide bonds. The van der Waals surface area contributed by atoms with Gasteiger partial charge in [0.2, 0.25) is 0 Å². The molecular formula is C9H3F9O6S3. The molecule has 0 N–H and O–H groups in total. The van der Waals surface area contributed by atoms with Crippen LogP contribution in [0.3, 0.4) is 0 Å². The van der Waals surface area contributed by atoms with Crippen LogP contribution in [-0.4, -0.2) is 29.2 Å². The van der Waals surface area contributed by atoms with E-state index < -0.39 is 67.0 Å². The standard InChI is InChI=1S/C9H3F9O6S3/c10-7(11,12)25(19)22-4-1-5(23-26(20)8(13,14)15)3-6(2-4)24-27(21)9(16,17)18/h1-3H. The average Bonchev–Trinajstić information content (AvgIpc) is 2.43. The Bertz CT molecular complexity index is 645. The Morgan fingerprint density at radius 2 is 0.704 bits per heavy atom. The van der Waals surface area contributed by atoms with E-state index in [0.717, 1.165) is 0 Å². The lowest BCUT2D eigenvalue weighted by Gasteiger charge is -2.13. The maximum absolute atomic E-state index is 12.2. The van der Waals surface area contributed by atoms with Crippen LogP contribution in [0.4, 0.5) is 39.5 Å². The van der Waals surface area contributed by atoms with Gasteiger partial charge in [-0.1, -0.05) is 0 Å². The van der Waals surface area contributed by atoms with Gasteiger partial charge >= 0.3 is 49.8 Å². The fourth-order valence-electron chi connectivity index (χ4n) is 1.09. The summed E-state index contributed by atoms with van der Waals surface area (Å²) in [5, 5.41) is 0. The number of hydrogen-bond donors (Lipinski definition) is 0. The summed E-state index contributed by atoms with van der Waals surface area (Å²) in [5.74, 6) is -3.72. The van der Waals surface area contributed by atoms with Gasteiger partial charge in [0.15, 0.2) is 0 Å². The smallest absolute Gasteiger partial charge is 0.394 e. The zero-order chi connectivity index (χ0) is 21.2. The van der Waals surface area contributed by atoms with Crippen molar-refractivity contribution < 1.29 is 64.7 Å². The summed E-state index contributed by atoms with van der Waals surface area (Å²) >= 11 is -12.2. The Hall–Kier alpha value is -1.56. The summed E-state index contributed by atoms with van der Waals surface area (Å²) in [6.45, 7) is 0. The van der Waals surface area contributed by atoms with E-state index in [9.17, 15) is 52.1 Å². The molecule has 0 aliphatic carbocycles. The maximum Gasteiger partial charge on any atom is 0.508 e. The average molecular weight is 474 g/mol. The van der Waals surface area contributed by atoms with E-state index in [1.807, 2.05) is 0 Å². The summed E-state index contributed by atoms with van der Waals surface area (Å²) in [4.78, 5) is 0. The number of benzene rings is 1. The van der Waals surface area contributed by atoms with Crippen LogP contribution in [0, 0.1) is 0 Å². The Morgan fingerprint density at radius 3 is 0.852 bits per heavy atom. The highest BCUT2D eigenvalue weighted by molar-refractivity contribution is 7.82. The van der Waals surface area contributed by atoms with Gasteiger partial charge in [-0.3, -0.25) is 0 Å². The number of halogens is 9. The zero-order valence-corrected chi connectivity index (χ0v) is 14.3. The number of hydrogen-bond acceptors (Lipinski definition) is 6. The summed E-state index contributed by atoms with van der Waals surface area (Å²) < 4.78 is 154. The largest absolute Gasteiger partial charge is 0.508 e. The highest BCUT2D eigenvalue weighted by Gasteiger charge is 2.42. The number of alkyl halides is 9. The first-order valence-electron chi connectivity index (χ1n) is 5.66. The topological polar surface area (TPSA) is 78.9 Å². The Kier molecular flexibility index (Phi) is 7.14. The van der Waals surface area contributed by atoms with Gasteiger partial charge in [0.1, 0.15) is 17.2 Å². The van der Waals surface area contributed by atoms with Crippen molar-refractivity contribution in [2.75, 3.05) is 0 Å². The molecule has 6 nitrogen and oxygen atoms in total. The van der Waals surface area contributed by atoms with Gasteiger partial charge in [0.05, 0.1) is 0 Å². The lowest BCUT2D eigenvalue weighted by Crippen LogP contribution is -2.22. The third kappa shape index (κ3) is 7.53. The first-order valence-corrected chi connectivity index (χ1v) is 8.88. The Morgan fingerprint density at radius 1 is 0.519 bits per heavy atom. The van der Waals surface area contributed by atoms with Crippen molar-refractivity contribution in [2.45, 2.75) is 16.5 Å². The molecule has 0 spiro atoms. The van der Waals surface area contributed by atoms with E-state index in [4.69, 9.17) is 0 Å². The van der Waals surface area contributed by atoms with Crippen LogP contribution in [0.2, 0.25) is 0 Å². The van der Waals surface area contributed by atoms with Crippen molar-refractivity contribution in [1.82, 2.24) is 0 Å². The van der Waals surface area contributed by atoms with Crippen molar-refractivity contribution >= 4 is 33.2 Å². The van der Waals surface area contributed by atoms with E-state index in [1.165, 1.54) is 0 Å². The van der Waals surface area contributed by atoms with Crippen LogP contribution >= 0.6 is 0 Å². The summed E-state index contributed by atoms with van der Waals surface area (Å²) in [6, 6.07) is 0.615. The molecular weight excluding hydrogens is 471 g/mol. The van der Waals surface area contributed by atoms with Crippen LogP contribution in [0.5, 0.6) is 17.2 Å². The third-order valence-electron chi connectivity index (χ3n) is 1.94. The van der Waals surface area contributed by atoms with Crippen molar-refractivity contribution in [3.8, 4) is 17.2 Å². The SMILES string of the molecule is O=S(Oc1cc(OS(=O)C(F)(F)F)cc(OS(=O)C(F)(F)F)c1)C(F)(F)F. The number of rotatable bonds is 6. The summed E-state index contributed by atoms with van der Waals surface area (Å²) in [7, 11) is 0. The van der Waals surface area contributed by atoms with Crippen molar-refractivity contribution in [2.24, 2.45) is 0 Å². The second-order valence-electron chi connectivity index (χ2n) is 3.93. The Labute approximate surface area is 150 Å². The first kappa shape index (κ1) is 23.5. The van der Waals surface area contributed by atoms with Gasteiger partial charge in [-0.15, -0.1) is 0 Å². The van der Waals surface area contributed by atoms with Crippen LogP contribution in [0.1, 0.15) is 0 Å².